The normalized spacial score (nSPS) is 10.4. The Labute approximate surface area is 145 Å². The quantitative estimate of drug-likeness (QED) is 0.409. The molecule has 0 aliphatic rings. The van der Waals surface area contributed by atoms with Crippen molar-refractivity contribution in [3.8, 4) is 0 Å². The minimum absolute atomic E-state index is 0.132. The Hall–Kier alpha value is -3.41. The number of hydrogen-bond acceptors (Lipinski definition) is 6. The second kappa shape index (κ2) is 7.44. The lowest BCUT2D eigenvalue weighted by molar-refractivity contribution is 0.0550. The summed E-state index contributed by atoms with van der Waals surface area (Å²) in [6, 6.07) is 11.1. The molecule has 126 valence electrons. The van der Waals surface area contributed by atoms with E-state index in [0.29, 0.717) is 29.0 Å². The zero-order valence-electron chi connectivity index (χ0n) is 13.6. The van der Waals surface area contributed by atoms with Crippen LogP contribution in [0.3, 0.4) is 0 Å². The molecule has 2 aromatic heterocycles. The zero-order chi connectivity index (χ0) is 17.6. The van der Waals surface area contributed by atoms with Crippen molar-refractivity contribution in [1.82, 2.24) is 9.97 Å². The molecule has 0 fully saturated rings. The number of pyridine rings is 2. The van der Waals surface area contributed by atoms with Crippen molar-refractivity contribution in [2.24, 2.45) is 0 Å². The minimum atomic E-state index is -0.472. The molecule has 6 nitrogen and oxygen atoms in total. The summed E-state index contributed by atoms with van der Waals surface area (Å²) in [5, 5.41) is 4.03. The van der Waals surface area contributed by atoms with Gasteiger partial charge >= 0.3 is 5.97 Å². The van der Waals surface area contributed by atoms with Crippen LogP contribution >= 0.6 is 0 Å². The topological polar surface area (TPSA) is 90.1 Å². The highest BCUT2D eigenvalue weighted by molar-refractivity contribution is 6.07. The third kappa shape index (κ3) is 3.58. The van der Waals surface area contributed by atoms with Crippen molar-refractivity contribution in [3.63, 3.8) is 0 Å². The molecule has 0 aliphatic carbocycles. The Bertz CT molecular complexity index is 910. The van der Waals surface area contributed by atoms with Crippen LogP contribution in [0, 0.1) is 0 Å². The van der Waals surface area contributed by atoms with Gasteiger partial charge in [0, 0.05) is 17.8 Å². The van der Waals surface area contributed by atoms with Gasteiger partial charge in [-0.15, -0.1) is 0 Å². The number of para-hydroxylation sites is 1. The second-order valence-electron chi connectivity index (χ2n) is 5.35. The molecule has 0 unspecified atom stereocenters. The number of fused-ring (bicyclic) bond motifs is 1. The number of esters is 1. The van der Waals surface area contributed by atoms with Crippen LogP contribution in [0.1, 0.15) is 16.1 Å². The van der Waals surface area contributed by atoms with Gasteiger partial charge in [0.15, 0.2) is 0 Å². The van der Waals surface area contributed by atoms with Gasteiger partial charge in [-0.25, -0.2) is 4.79 Å². The molecule has 1 aromatic carbocycles. The predicted molar refractivity (Wildman–Crippen MR) is 98.2 cm³/mol. The number of benzene rings is 1. The van der Waals surface area contributed by atoms with Crippen LogP contribution in [-0.2, 0) is 11.3 Å². The van der Waals surface area contributed by atoms with E-state index in [0.717, 1.165) is 11.1 Å². The molecule has 0 amide bonds. The molecule has 0 radical (unpaired) electrons. The number of aromatic nitrogens is 2. The molecule has 0 saturated carbocycles. The monoisotopic (exact) mass is 334 g/mol. The van der Waals surface area contributed by atoms with Crippen molar-refractivity contribution >= 4 is 28.2 Å². The van der Waals surface area contributed by atoms with Crippen molar-refractivity contribution in [3.05, 3.63) is 72.7 Å². The number of ether oxygens (including phenoxy) is 1. The Kier molecular flexibility index (Phi) is 4.89. The molecule has 3 rings (SSSR count). The van der Waals surface area contributed by atoms with Crippen LogP contribution in [0.2, 0.25) is 0 Å². The molecule has 0 saturated heterocycles. The maximum atomic E-state index is 12.4. The molecule has 0 atom stereocenters. The van der Waals surface area contributed by atoms with Crippen LogP contribution in [0.4, 0.5) is 11.4 Å². The minimum Gasteiger partial charge on any atom is -0.458 e. The molecule has 3 N–H and O–H groups in total. The molecule has 0 spiro atoms. The van der Waals surface area contributed by atoms with E-state index in [-0.39, 0.29) is 6.61 Å². The molecule has 25 heavy (non-hydrogen) atoms. The lowest BCUT2D eigenvalue weighted by Gasteiger charge is -2.14. The van der Waals surface area contributed by atoms with Gasteiger partial charge in [-0.3, -0.25) is 9.97 Å². The number of carbonyl (C=O) groups excluding carboxylic acids is 1. The number of carbonyl (C=O) groups is 1. The molecule has 2 heterocycles. The number of hydrogen-bond donors (Lipinski definition) is 2. The fraction of sp³-hybridized carbons (Fsp3) is 0.105. The summed E-state index contributed by atoms with van der Waals surface area (Å²) in [4.78, 5) is 21.0. The van der Waals surface area contributed by atoms with Crippen LogP contribution in [-0.4, -0.2) is 22.5 Å². The Balaban J connectivity index is 2.02. The summed E-state index contributed by atoms with van der Waals surface area (Å²) < 4.78 is 5.17. The van der Waals surface area contributed by atoms with E-state index in [4.69, 9.17) is 10.5 Å². The third-order valence-electron chi connectivity index (χ3n) is 3.65. The van der Waals surface area contributed by atoms with E-state index in [2.05, 4.69) is 21.9 Å². The Morgan fingerprint density at radius 3 is 2.88 bits per heavy atom. The summed E-state index contributed by atoms with van der Waals surface area (Å²) in [5.74, 6) is -0.472. The first-order valence-corrected chi connectivity index (χ1v) is 7.79. The number of nitrogen functional groups attached to an aromatic ring is 1. The summed E-state index contributed by atoms with van der Waals surface area (Å²) in [5.41, 5.74) is 9.00. The highest BCUT2D eigenvalue weighted by atomic mass is 16.5. The van der Waals surface area contributed by atoms with Crippen LogP contribution < -0.4 is 11.1 Å². The number of rotatable bonds is 6. The van der Waals surface area contributed by atoms with Gasteiger partial charge in [0.1, 0.15) is 12.2 Å². The van der Waals surface area contributed by atoms with Gasteiger partial charge in [-0.2, -0.15) is 0 Å². The Morgan fingerprint density at radius 1 is 1.24 bits per heavy atom. The highest BCUT2D eigenvalue weighted by Gasteiger charge is 2.17. The summed E-state index contributed by atoms with van der Waals surface area (Å²) in [6.45, 7) is 4.14. The number of nitrogens with two attached hydrogens (primary N) is 1. The van der Waals surface area contributed by atoms with E-state index in [1.54, 1.807) is 12.3 Å². The molecule has 0 aliphatic heterocycles. The van der Waals surface area contributed by atoms with Crippen molar-refractivity contribution in [1.29, 1.82) is 0 Å². The zero-order valence-corrected chi connectivity index (χ0v) is 13.6. The first-order valence-electron chi connectivity index (χ1n) is 7.79. The van der Waals surface area contributed by atoms with Gasteiger partial charge in [0.05, 0.1) is 29.1 Å². The maximum absolute atomic E-state index is 12.4. The smallest absolute Gasteiger partial charge is 0.342 e. The molecule has 0 bridgehead atoms. The van der Waals surface area contributed by atoms with Gasteiger partial charge in [0.2, 0.25) is 0 Å². The third-order valence-corrected chi connectivity index (χ3v) is 3.65. The van der Waals surface area contributed by atoms with Gasteiger partial charge in [-0.05, 0) is 18.2 Å². The standard InChI is InChI=1S/C19H18N4O2/c1-2-10-25-19(24)15-12-23-18-14(7-5-8-16(18)20)17(15)22-11-13-6-3-4-9-21-13/h2-9,12H,1,10-11,20H2,(H,22,23). The average Bonchev–Trinajstić information content (AvgIpc) is 2.65. The fourth-order valence-corrected chi connectivity index (χ4v) is 2.49. The van der Waals surface area contributed by atoms with E-state index in [9.17, 15) is 4.79 Å². The molecular weight excluding hydrogens is 316 g/mol. The van der Waals surface area contributed by atoms with E-state index in [1.165, 1.54) is 12.3 Å². The average molecular weight is 334 g/mol. The first kappa shape index (κ1) is 16.4. The van der Waals surface area contributed by atoms with Crippen molar-refractivity contribution < 1.29 is 9.53 Å². The SMILES string of the molecule is C=CCOC(=O)c1cnc2c(N)cccc2c1NCc1ccccn1. The Morgan fingerprint density at radius 2 is 2.12 bits per heavy atom. The van der Waals surface area contributed by atoms with Gasteiger partial charge < -0.3 is 15.8 Å². The lowest BCUT2D eigenvalue weighted by Crippen LogP contribution is -2.12. The van der Waals surface area contributed by atoms with E-state index in [1.807, 2.05) is 30.3 Å². The second-order valence-corrected chi connectivity index (χ2v) is 5.35. The lowest BCUT2D eigenvalue weighted by atomic mass is 10.1. The van der Waals surface area contributed by atoms with Crippen LogP contribution in [0.5, 0.6) is 0 Å². The number of anilines is 2. The van der Waals surface area contributed by atoms with Crippen molar-refractivity contribution in [2.75, 3.05) is 17.7 Å². The number of nitrogens with zero attached hydrogens (tertiary/aromatic N) is 2. The molecule has 6 heteroatoms. The summed E-state index contributed by atoms with van der Waals surface area (Å²) >= 11 is 0. The fourth-order valence-electron chi connectivity index (χ4n) is 2.49. The highest BCUT2D eigenvalue weighted by Crippen LogP contribution is 2.30. The molecular formula is C19H18N4O2. The van der Waals surface area contributed by atoms with E-state index >= 15 is 0 Å². The van der Waals surface area contributed by atoms with E-state index < -0.39 is 5.97 Å². The van der Waals surface area contributed by atoms with Crippen LogP contribution in [0.15, 0.2) is 61.4 Å². The van der Waals surface area contributed by atoms with Gasteiger partial charge in [0.25, 0.3) is 0 Å². The number of nitrogens with one attached hydrogen (secondary N) is 1. The van der Waals surface area contributed by atoms with Gasteiger partial charge in [-0.1, -0.05) is 30.9 Å². The van der Waals surface area contributed by atoms with Crippen LogP contribution in [0.25, 0.3) is 10.9 Å². The predicted octanol–water partition coefficient (Wildman–Crippen LogP) is 3.17. The maximum Gasteiger partial charge on any atom is 0.342 e. The summed E-state index contributed by atoms with van der Waals surface area (Å²) in [7, 11) is 0. The van der Waals surface area contributed by atoms with Crippen molar-refractivity contribution in [2.45, 2.75) is 6.54 Å². The molecule has 3 aromatic rings. The first-order chi connectivity index (χ1) is 12.2. The summed E-state index contributed by atoms with van der Waals surface area (Å²) in [6.07, 6.45) is 4.72. The largest absolute Gasteiger partial charge is 0.458 e.